The molecule has 0 aliphatic rings. The molecule has 0 unspecified atom stereocenters. The molecule has 8 heteroatoms. The fourth-order valence-electron chi connectivity index (χ4n) is 4.52. The summed E-state index contributed by atoms with van der Waals surface area (Å²) in [6.45, 7) is 5.40. The third-order valence-corrected chi connectivity index (χ3v) is 6.73. The molecule has 2 atom stereocenters. The number of hydrogen-bond donors (Lipinski definition) is 0. The fraction of sp³-hybridized carbons (Fsp3) is 0.382. The molecule has 0 radical (unpaired) electrons. The highest BCUT2D eigenvalue weighted by molar-refractivity contribution is 5.91. The lowest BCUT2D eigenvalue weighted by molar-refractivity contribution is -0.151. The minimum absolute atomic E-state index is 0.0849. The van der Waals surface area contributed by atoms with E-state index in [1.54, 1.807) is 47.1 Å². The van der Waals surface area contributed by atoms with Crippen LogP contribution in [0.3, 0.4) is 0 Å². The fourth-order valence-corrected chi connectivity index (χ4v) is 4.52. The van der Waals surface area contributed by atoms with Gasteiger partial charge in [0, 0.05) is 19.9 Å². The molecule has 1 amide bonds. The predicted octanol–water partition coefficient (Wildman–Crippen LogP) is 6.04. The first-order valence-corrected chi connectivity index (χ1v) is 13.9. The summed E-state index contributed by atoms with van der Waals surface area (Å²) < 4.78 is 22.0. The number of carbonyl (C=O) groups is 3. The molecule has 224 valence electrons. The van der Waals surface area contributed by atoms with Gasteiger partial charge in [-0.2, -0.15) is 0 Å². The van der Waals surface area contributed by atoms with Crippen LogP contribution in [0.1, 0.15) is 43.9 Å². The van der Waals surface area contributed by atoms with Gasteiger partial charge in [-0.3, -0.25) is 9.59 Å². The van der Waals surface area contributed by atoms with E-state index in [2.05, 4.69) is 0 Å². The second-order valence-corrected chi connectivity index (χ2v) is 11.2. The molecule has 0 spiro atoms. The number of nitrogens with zero attached hydrogens (tertiary/aromatic N) is 1. The topological polar surface area (TPSA) is 91.4 Å². The van der Waals surface area contributed by atoms with E-state index in [1.807, 2.05) is 66.7 Å². The Bertz CT molecular complexity index is 1320. The number of likely N-dealkylation sites (N-methyl/N-ethyl adjacent to an activating group) is 1. The summed E-state index contributed by atoms with van der Waals surface area (Å²) in [6, 6.07) is 23.3. The van der Waals surface area contributed by atoms with Crippen molar-refractivity contribution in [1.29, 1.82) is 0 Å². The van der Waals surface area contributed by atoms with Crippen molar-refractivity contribution in [3.05, 3.63) is 95.6 Å². The first-order valence-electron chi connectivity index (χ1n) is 13.9. The van der Waals surface area contributed by atoms with Crippen molar-refractivity contribution >= 4 is 17.8 Å². The second-order valence-electron chi connectivity index (χ2n) is 11.2. The largest absolute Gasteiger partial charge is 0.493 e. The Morgan fingerprint density at radius 3 is 1.93 bits per heavy atom. The number of methoxy groups -OCH3 is 2. The molecule has 3 rings (SSSR count). The van der Waals surface area contributed by atoms with E-state index in [0.717, 1.165) is 16.7 Å². The molecule has 0 bridgehead atoms. The van der Waals surface area contributed by atoms with Crippen molar-refractivity contribution in [1.82, 2.24) is 4.90 Å². The Hall–Kier alpha value is -4.33. The monoisotopic (exact) mass is 575 g/mol. The second kappa shape index (κ2) is 15.1. The van der Waals surface area contributed by atoms with Crippen LogP contribution in [0, 0.1) is 5.92 Å². The maximum atomic E-state index is 14.0. The minimum Gasteiger partial charge on any atom is -0.493 e. The summed E-state index contributed by atoms with van der Waals surface area (Å²) in [5, 5.41) is 0. The van der Waals surface area contributed by atoms with Gasteiger partial charge in [-0.05, 0) is 56.0 Å². The number of benzene rings is 3. The number of carbonyl (C=O) groups excluding carboxylic acids is 3. The van der Waals surface area contributed by atoms with E-state index in [1.165, 1.54) is 12.0 Å². The standard InChI is InChI=1S/C34H41NO7/c1-34(2,3)42-33(38)35(4)28(20-24-13-9-7-10-14-24)29(36)22-27(32(37)41-23-25-15-11-8-12-16-25)19-26-17-18-30(39-5)31(21-26)40-6/h7-18,21,27-28H,19-20,22-23H2,1-6H3/t27-,28+/m1/s1. The van der Waals surface area contributed by atoms with Crippen molar-refractivity contribution in [3.8, 4) is 11.5 Å². The number of ketones is 1. The van der Waals surface area contributed by atoms with E-state index in [-0.39, 0.29) is 31.7 Å². The quantitative estimate of drug-likeness (QED) is 0.229. The number of hydrogen-bond acceptors (Lipinski definition) is 7. The average Bonchev–Trinajstić information content (AvgIpc) is 2.98. The van der Waals surface area contributed by atoms with Crippen molar-refractivity contribution in [3.63, 3.8) is 0 Å². The molecule has 0 saturated carbocycles. The molecule has 3 aromatic carbocycles. The highest BCUT2D eigenvalue weighted by atomic mass is 16.6. The van der Waals surface area contributed by atoms with Gasteiger partial charge in [0.15, 0.2) is 17.3 Å². The molecule has 42 heavy (non-hydrogen) atoms. The molecular weight excluding hydrogens is 534 g/mol. The maximum Gasteiger partial charge on any atom is 0.410 e. The summed E-state index contributed by atoms with van der Waals surface area (Å²) in [7, 11) is 4.64. The van der Waals surface area contributed by atoms with Gasteiger partial charge in [0.2, 0.25) is 0 Å². The van der Waals surface area contributed by atoms with Crippen molar-refractivity contribution in [2.24, 2.45) is 5.92 Å². The van der Waals surface area contributed by atoms with Gasteiger partial charge in [0.05, 0.1) is 26.2 Å². The Kier molecular flexibility index (Phi) is 11.5. The van der Waals surface area contributed by atoms with Gasteiger partial charge in [0.1, 0.15) is 12.2 Å². The highest BCUT2D eigenvalue weighted by Crippen LogP contribution is 2.30. The molecule has 0 aromatic heterocycles. The van der Waals surface area contributed by atoms with Crippen LogP contribution < -0.4 is 9.47 Å². The van der Waals surface area contributed by atoms with Crippen LogP contribution in [0.4, 0.5) is 4.79 Å². The van der Waals surface area contributed by atoms with Crippen LogP contribution in [0.25, 0.3) is 0 Å². The number of esters is 1. The van der Waals surface area contributed by atoms with E-state index in [0.29, 0.717) is 11.5 Å². The molecule has 0 aliphatic carbocycles. The van der Waals surface area contributed by atoms with Crippen molar-refractivity contribution < 1.29 is 33.3 Å². The molecule has 0 N–H and O–H groups in total. The van der Waals surface area contributed by atoms with Crippen LogP contribution in [-0.2, 0) is 38.5 Å². The highest BCUT2D eigenvalue weighted by Gasteiger charge is 2.34. The van der Waals surface area contributed by atoms with E-state index < -0.39 is 29.6 Å². The summed E-state index contributed by atoms with van der Waals surface area (Å²) in [5.74, 6) is -0.494. The maximum absolute atomic E-state index is 14.0. The first-order chi connectivity index (χ1) is 20.0. The third-order valence-electron chi connectivity index (χ3n) is 6.73. The van der Waals surface area contributed by atoms with Gasteiger partial charge in [-0.25, -0.2) is 4.79 Å². The van der Waals surface area contributed by atoms with E-state index in [9.17, 15) is 14.4 Å². The molecule has 3 aromatic rings. The first kappa shape index (κ1) is 32.2. The predicted molar refractivity (Wildman–Crippen MR) is 161 cm³/mol. The van der Waals surface area contributed by atoms with E-state index >= 15 is 0 Å². The Labute approximate surface area is 248 Å². The zero-order chi connectivity index (χ0) is 30.7. The summed E-state index contributed by atoms with van der Waals surface area (Å²) >= 11 is 0. The van der Waals surface area contributed by atoms with Crippen LogP contribution in [-0.4, -0.2) is 55.7 Å². The molecule has 0 aliphatic heterocycles. The Morgan fingerprint density at radius 1 is 0.762 bits per heavy atom. The summed E-state index contributed by atoms with van der Waals surface area (Å²) in [5.41, 5.74) is 1.77. The van der Waals surface area contributed by atoms with Gasteiger partial charge < -0.3 is 23.8 Å². The Balaban J connectivity index is 1.89. The molecule has 8 nitrogen and oxygen atoms in total. The van der Waals surface area contributed by atoms with Crippen LogP contribution in [0.2, 0.25) is 0 Å². The third kappa shape index (κ3) is 9.65. The number of ether oxygens (including phenoxy) is 4. The van der Waals surface area contributed by atoms with Crippen LogP contribution in [0.5, 0.6) is 11.5 Å². The van der Waals surface area contributed by atoms with Gasteiger partial charge >= 0.3 is 12.1 Å². The number of Topliss-reactive ketones (excluding diaryl/α,β-unsaturated/α-hetero) is 1. The van der Waals surface area contributed by atoms with Crippen LogP contribution >= 0.6 is 0 Å². The zero-order valence-electron chi connectivity index (χ0n) is 25.3. The summed E-state index contributed by atoms with van der Waals surface area (Å²) in [6.07, 6.45) is -0.238. The molecule has 0 fully saturated rings. The van der Waals surface area contributed by atoms with Gasteiger partial charge in [0.25, 0.3) is 0 Å². The van der Waals surface area contributed by atoms with Crippen LogP contribution in [0.15, 0.2) is 78.9 Å². The SMILES string of the molecule is COc1ccc(C[C@H](CC(=O)[C@H](Cc2ccccc2)N(C)C(=O)OC(C)(C)C)C(=O)OCc2ccccc2)cc1OC. The Morgan fingerprint density at radius 2 is 1.36 bits per heavy atom. The molecule has 0 heterocycles. The molecule has 0 saturated heterocycles. The number of amides is 1. The average molecular weight is 576 g/mol. The normalized spacial score (nSPS) is 12.5. The zero-order valence-corrected chi connectivity index (χ0v) is 25.3. The lowest BCUT2D eigenvalue weighted by Gasteiger charge is -2.31. The van der Waals surface area contributed by atoms with Gasteiger partial charge in [-0.15, -0.1) is 0 Å². The smallest absolute Gasteiger partial charge is 0.410 e. The minimum atomic E-state index is -0.850. The lowest BCUT2D eigenvalue weighted by atomic mass is 9.89. The van der Waals surface area contributed by atoms with Gasteiger partial charge in [-0.1, -0.05) is 66.7 Å². The van der Waals surface area contributed by atoms with Crippen molar-refractivity contribution in [2.75, 3.05) is 21.3 Å². The number of rotatable bonds is 13. The summed E-state index contributed by atoms with van der Waals surface area (Å²) in [4.78, 5) is 41.8. The molecular formula is C34H41NO7. The van der Waals surface area contributed by atoms with E-state index in [4.69, 9.17) is 18.9 Å². The lowest BCUT2D eigenvalue weighted by Crippen LogP contribution is -2.46. The van der Waals surface area contributed by atoms with Crippen molar-refractivity contribution in [2.45, 2.75) is 58.3 Å².